The number of aliphatic carboxylic acids is 1. The molecular weight excluding hydrogens is 254 g/mol. The Morgan fingerprint density at radius 1 is 1.21 bits per heavy atom. The highest BCUT2D eigenvalue weighted by Crippen LogP contribution is 1.90. The van der Waals surface area contributed by atoms with Crippen molar-refractivity contribution in [2.45, 2.75) is 32.4 Å². The van der Waals surface area contributed by atoms with Gasteiger partial charge in [0.15, 0.2) is 0 Å². The van der Waals surface area contributed by atoms with Crippen molar-refractivity contribution in [2.75, 3.05) is 20.3 Å². The van der Waals surface area contributed by atoms with Gasteiger partial charge in [-0.2, -0.15) is 0 Å². The highest BCUT2D eigenvalue weighted by Gasteiger charge is 2.16. The maximum absolute atomic E-state index is 11.5. The van der Waals surface area contributed by atoms with Gasteiger partial charge in [-0.15, -0.1) is 0 Å². The van der Waals surface area contributed by atoms with Gasteiger partial charge >= 0.3 is 12.0 Å². The monoisotopic (exact) mass is 275 g/mol. The van der Waals surface area contributed by atoms with E-state index in [-0.39, 0.29) is 12.3 Å². The zero-order valence-electron chi connectivity index (χ0n) is 11.4. The fourth-order valence-corrected chi connectivity index (χ4v) is 1.27. The van der Waals surface area contributed by atoms with Crippen LogP contribution in [0.15, 0.2) is 0 Å². The van der Waals surface area contributed by atoms with E-state index in [2.05, 4.69) is 16.0 Å². The molecule has 4 N–H and O–H groups in total. The average Bonchev–Trinajstić information content (AvgIpc) is 2.27. The maximum atomic E-state index is 11.5. The van der Waals surface area contributed by atoms with Crippen LogP contribution >= 0.6 is 0 Å². The lowest BCUT2D eigenvalue weighted by Crippen LogP contribution is -2.50. The first-order valence-corrected chi connectivity index (χ1v) is 5.92. The minimum absolute atomic E-state index is 0.179. The van der Waals surface area contributed by atoms with Crippen LogP contribution in [0.5, 0.6) is 0 Å². The van der Waals surface area contributed by atoms with Crippen LogP contribution in [-0.2, 0) is 14.3 Å². The molecule has 0 heterocycles. The van der Waals surface area contributed by atoms with E-state index >= 15 is 0 Å². The van der Waals surface area contributed by atoms with Gasteiger partial charge in [0.2, 0.25) is 5.91 Å². The molecule has 0 aliphatic heterocycles. The van der Waals surface area contributed by atoms with E-state index in [1.165, 1.54) is 14.0 Å². The summed E-state index contributed by atoms with van der Waals surface area (Å²) in [5.74, 6) is -1.34. The lowest BCUT2D eigenvalue weighted by Gasteiger charge is -2.17. The lowest BCUT2D eigenvalue weighted by molar-refractivity contribution is -0.137. The predicted octanol–water partition coefficient (Wildman–Crippen LogP) is -0.700. The normalized spacial score (nSPS) is 13.2. The van der Waals surface area contributed by atoms with Crippen molar-refractivity contribution in [3.63, 3.8) is 0 Å². The average molecular weight is 275 g/mol. The summed E-state index contributed by atoms with van der Waals surface area (Å²) in [6.45, 7) is 3.85. The van der Waals surface area contributed by atoms with E-state index in [0.717, 1.165) is 0 Å². The molecule has 3 amide bonds. The van der Waals surface area contributed by atoms with Crippen LogP contribution in [0.2, 0.25) is 0 Å². The van der Waals surface area contributed by atoms with Crippen LogP contribution in [0, 0.1) is 0 Å². The number of ether oxygens (including phenoxy) is 1. The third-order valence-electron chi connectivity index (χ3n) is 2.20. The summed E-state index contributed by atoms with van der Waals surface area (Å²) >= 11 is 0. The molecule has 8 nitrogen and oxygen atoms in total. The first kappa shape index (κ1) is 17.2. The molecule has 0 fully saturated rings. The first-order chi connectivity index (χ1) is 8.86. The van der Waals surface area contributed by atoms with Crippen LogP contribution in [-0.4, -0.2) is 55.4 Å². The Morgan fingerprint density at radius 3 is 2.37 bits per heavy atom. The minimum atomic E-state index is -1.00. The van der Waals surface area contributed by atoms with Gasteiger partial charge < -0.3 is 25.8 Å². The van der Waals surface area contributed by atoms with Crippen molar-refractivity contribution >= 4 is 17.9 Å². The Bertz CT molecular complexity index is 321. The van der Waals surface area contributed by atoms with Gasteiger partial charge in [-0.1, -0.05) is 0 Å². The summed E-state index contributed by atoms with van der Waals surface area (Å²) in [4.78, 5) is 33.4. The zero-order chi connectivity index (χ0) is 14.8. The topological polar surface area (TPSA) is 117 Å². The van der Waals surface area contributed by atoms with Crippen molar-refractivity contribution in [1.29, 1.82) is 0 Å². The fourth-order valence-electron chi connectivity index (χ4n) is 1.27. The molecule has 0 radical (unpaired) electrons. The molecule has 19 heavy (non-hydrogen) atoms. The number of carbonyl (C=O) groups is 3. The molecule has 0 rings (SSSR count). The van der Waals surface area contributed by atoms with Crippen LogP contribution < -0.4 is 16.0 Å². The third-order valence-corrected chi connectivity index (χ3v) is 2.20. The molecule has 0 bridgehead atoms. The number of methoxy groups -OCH3 is 1. The number of carboxylic acids is 1. The van der Waals surface area contributed by atoms with Crippen molar-refractivity contribution in [3.8, 4) is 0 Å². The van der Waals surface area contributed by atoms with Gasteiger partial charge in [0.05, 0.1) is 13.0 Å². The first-order valence-electron chi connectivity index (χ1n) is 5.92. The van der Waals surface area contributed by atoms with Crippen molar-refractivity contribution in [2.24, 2.45) is 0 Å². The molecule has 110 valence electrons. The van der Waals surface area contributed by atoms with E-state index in [1.54, 1.807) is 6.92 Å². The van der Waals surface area contributed by atoms with Gasteiger partial charge in [-0.3, -0.25) is 9.59 Å². The highest BCUT2D eigenvalue weighted by atomic mass is 16.5. The van der Waals surface area contributed by atoms with Gasteiger partial charge in [0, 0.05) is 19.7 Å². The number of carboxylic acid groups (broad SMARTS) is 1. The van der Waals surface area contributed by atoms with E-state index in [1.807, 2.05) is 0 Å². The number of amides is 3. The van der Waals surface area contributed by atoms with Gasteiger partial charge in [-0.25, -0.2) is 4.79 Å². The Labute approximate surface area is 111 Å². The minimum Gasteiger partial charge on any atom is -0.481 e. The summed E-state index contributed by atoms with van der Waals surface area (Å²) < 4.78 is 4.77. The number of carbonyl (C=O) groups excluding carboxylic acids is 2. The molecule has 0 aromatic rings. The second-order valence-electron chi connectivity index (χ2n) is 4.12. The fraction of sp³-hybridized carbons (Fsp3) is 0.727. The summed E-state index contributed by atoms with van der Waals surface area (Å²) in [5, 5.41) is 16.0. The van der Waals surface area contributed by atoms with E-state index < -0.39 is 24.1 Å². The van der Waals surface area contributed by atoms with Crippen LogP contribution in [0.3, 0.4) is 0 Å². The van der Waals surface area contributed by atoms with Crippen LogP contribution in [0.25, 0.3) is 0 Å². The molecule has 0 saturated heterocycles. The number of rotatable bonds is 8. The van der Waals surface area contributed by atoms with E-state index in [4.69, 9.17) is 9.84 Å². The standard InChI is InChI=1S/C11H21N3O5/c1-7(6-9(15)16)13-11(18)14-8(2)10(17)12-4-5-19-3/h7-8H,4-6H2,1-3H3,(H,12,17)(H,15,16)(H2,13,14,18). The molecule has 0 spiro atoms. The molecule has 0 aromatic heterocycles. The SMILES string of the molecule is COCCNC(=O)C(C)NC(=O)NC(C)CC(=O)O. The molecule has 2 unspecified atom stereocenters. The lowest BCUT2D eigenvalue weighted by atomic mass is 10.2. The maximum Gasteiger partial charge on any atom is 0.315 e. The number of hydrogen-bond donors (Lipinski definition) is 4. The summed E-state index contributed by atoms with van der Waals surface area (Å²) in [5.41, 5.74) is 0. The van der Waals surface area contributed by atoms with Gasteiger partial charge in [0.25, 0.3) is 0 Å². The second-order valence-corrected chi connectivity index (χ2v) is 4.12. The summed E-state index contributed by atoms with van der Waals surface area (Å²) in [7, 11) is 1.52. The van der Waals surface area contributed by atoms with E-state index in [9.17, 15) is 14.4 Å². The van der Waals surface area contributed by atoms with Crippen LogP contribution in [0.4, 0.5) is 4.79 Å². The molecule has 0 aromatic carbocycles. The highest BCUT2D eigenvalue weighted by molar-refractivity contribution is 5.86. The predicted molar refractivity (Wildman–Crippen MR) is 67.7 cm³/mol. The second kappa shape index (κ2) is 9.15. The Hall–Kier alpha value is -1.83. The van der Waals surface area contributed by atoms with Crippen LogP contribution in [0.1, 0.15) is 20.3 Å². The van der Waals surface area contributed by atoms with Crippen molar-refractivity contribution in [3.05, 3.63) is 0 Å². The number of nitrogens with one attached hydrogen (secondary N) is 3. The number of hydrogen-bond acceptors (Lipinski definition) is 4. The molecule has 2 atom stereocenters. The van der Waals surface area contributed by atoms with Gasteiger partial charge in [-0.05, 0) is 13.8 Å². The molecule has 8 heteroatoms. The Kier molecular flexibility index (Phi) is 8.27. The summed E-state index contributed by atoms with van der Waals surface area (Å²) in [6.07, 6.45) is -0.179. The summed E-state index contributed by atoms with van der Waals surface area (Å²) in [6, 6.07) is -1.81. The van der Waals surface area contributed by atoms with Crippen molar-refractivity contribution < 1.29 is 24.2 Å². The molecular formula is C11H21N3O5. The molecule has 0 aliphatic carbocycles. The zero-order valence-corrected chi connectivity index (χ0v) is 11.4. The Balaban J connectivity index is 3.97. The molecule has 0 saturated carbocycles. The third kappa shape index (κ3) is 8.83. The Morgan fingerprint density at radius 2 is 1.84 bits per heavy atom. The largest absolute Gasteiger partial charge is 0.481 e. The van der Waals surface area contributed by atoms with Crippen molar-refractivity contribution in [1.82, 2.24) is 16.0 Å². The smallest absolute Gasteiger partial charge is 0.315 e. The quantitative estimate of drug-likeness (QED) is 0.437. The van der Waals surface area contributed by atoms with E-state index in [0.29, 0.717) is 13.2 Å². The van der Waals surface area contributed by atoms with Gasteiger partial charge in [0.1, 0.15) is 6.04 Å². The number of urea groups is 1. The molecule has 0 aliphatic rings.